The molecule has 3 nitrogen and oxygen atoms in total. The van der Waals surface area contributed by atoms with Gasteiger partial charge < -0.3 is 15.2 Å². The first-order chi connectivity index (χ1) is 7.29. The summed E-state index contributed by atoms with van der Waals surface area (Å²) in [5.74, 6) is 1.49. The number of rotatable bonds is 2. The van der Waals surface area contributed by atoms with Crippen molar-refractivity contribution < 1.29 is 9.47 Å². The predicted molar refractivity (Wildman–Crippen MR) is 57.5 cm³/mol. The minimum atomic E-state index is 0.0371. The third kappa shape index (κ3) is 1.93. The quantitative estimate of drug-likeness (QED) is 0.749. The van der Waals surface area contributed by atoms with Crippen molar-refractivity contribution in [1.82, 2.24) is 0 Å². The fourth-order valence-corrected chi connectivity index (χ4v) is 3.12. The molecule has 2 heterocycles. The molecule has 1 saturated carbocycles. The van der Waals surface area contributed by atoms with Gasteiger partial charge in [0.25, 0.3) is 0 Å². The summed E-state index contributed by atoms with van der Waals surface area (Å²) in [5, 5.41) is 0. The molecule has 3 rings (SSSR count). The molecule has 0 aromatic carbocycles. The molecular weight excluding hydrogens is 190 g/mol. The van der Waals surface area contributed by atoms with Gasteiger partial charge in [0, 0.05) is 25.7 Å². The molecule has 0 amide bonds. The fraction of sp³-hybridized carbons (Fsp3) is 1.00. The zero-order valence-electron chi connectivity index (χ0n) is 9.28. The van der Waals surface area contributed by atoms with Crippen molar-refractivity contribution in [2.24, 2.45) is 17.6 Å². The third-order valence-electron chi connectivity index (χ3n) is 4.31. The second kappa shape index (κ2) is 3.72. The highest BCUT2D eigenvalue weighted by Crippen LogP contribution is 2.42. The first-order valence-corrected chi connectivity index (χ1v) is 6.26. The second-order valence-corrected chi connectivity index (χ2v) is 5.50. The van der Waals surface area contributed by atoms with Crippen LogP contribution in [0.5, 0.6) is 0 Å². The van der Waals surface area contributed by atoms with Crippen molar-refractivity contribution in [2.45, 2.75) is 43.7 Å². The van der Waals surface area contributed by atoms with Crippen LogP contribution in [0.3, 0.4) is 0 Å². The Morgan fingerprint density at radius 1 is 1.13 bits per heavy atom. The topological polar surface area (TPSA) is 44.5 Å². The Bertz CT molecular complexity index is 234. The molecule has 0 bridgehead atoms. The Morgan fingerprint density at radius 2 is 2.00 bits per heavy atom. The van der Waals surface area contributed by atoms with E-state index in [1.54, 1.807) is 0 Å². The lowest BCUT2D eigenvalue weighted by Crippen LogP contribution is -2.46. The van der Waals surface area contributed by atoms with Gasteiger partial charge in [0.2, 0.25) is 0 Å². The van der Waals surface area contributed by atoms with Gasteiger partial charge in [-0.2, -0.15) is 0 Å². The van der Waals surface area contributed by atoms with Crippen LogP contribution in [0.1, 0.15) is 32.1 Å². The van der Waals surface area contributed by atoms with Crippen molar-refractivity contribution in [3.63, 3.8) is 0 Å². The van der Waals surface area contributed by atoms with Crippen LogP contribution in [0.4, 0.5) is 0 Å². The molecule has 86 valence electrons. The summed E-state index contributed by atoms with van der Waals surface area (Å²) in [6.07, 6.45) is 6.05. The predicted octanol–water partition coefficient (Wildman–Crippen LogP) is 1.31. The van der Waals surface area contributed by atoms with E-state index in [-0.39, 0.29) is 5.60 Å². The zero-order chi connectivity index (χ0) is 10.3. The molecule has 1 spiro atoms. The van der Waals surface area contributed by atoms with E-state index < -0.39 is 0 Å². The maximum Gasteiger partial charge on any atom is 0.0939 e. The zero-order valence-corrected chi connectivity index (χ0v) is 9.28. The molecule has 2 saturated heterocycles. The van der Waals surface area contributed by atoms with Crippen LogP contribution in [0, 0.1) is 11.8 Å². The van der Waals surface area contributed by atoms with Crippen LogP contribution >= 0.6 is 0 Å². The molecular formula is C12H21NO2. The largest absolute Gasteiger partial charge is 0.378 e. The van der Waals surface area contributed by atoms with Crippen LogP contribution in [0.2, 0.25) is 0 Å². The van der Waals surface area contributed by atoms with Crippen molar-refractivity contribution in [1.29, 1.82) is 0 Å². The van der Waals surface area contributed by atoms with Crippen LogP contribution < -0.4 is 5.73 Å². The molecule has 0 radical (unpaired) electrons. The lowest BCUT2D eigenvalue weighted by atomic mass is 9.80. The van der Waals surface area contributed by atoms with E-state index >= 15 is 0 Å². The summed E-state index contributed by atoms with van der Waals surface area (Å²) in [7, 11) is 0. The van der Waals surface area contributed by atoms with E-state index in [9.17, 15) is 0 Å². The van der Waals surface area contributed by atoms with Crippen molar-refractivity contribution >= 4 is 0 Å². The van der Waals surface area contributed by atoms with E-state index in [2.05, 4.69) is 0 Å². The molecule has 0 aromatic heterocycles. The minimum Gasteiger partial charge on any atom is -0.378 e. The standard InChI is InChI=1S/C12H21NO2/c13-11(9-1-2-9)10-3-5-15-12(7-10)4-6-14-8-12/h9-11H,1-8,13H2. The van der Waals surface area contributed by atoms with Gasteiger partial charge in [-0.25, -0.2) is 0 Å². The maximum atomic E-state index is 6.31. The normalized spacial score (nSPS) is 43.4. The highest BCUT2D eigenvalue weighted by molar-refractivity contribution is 4.96. The van der Waals surface area contributed by atoms with Crippen molar-refractivity contribution in [3.8, 4) is 0 Å². The monoisotopic (exact) mass is 211 g/mol. The van der Waals surface area contributed by atoms with E-state index in [0.717, 1.165) is 45.0 Å². The summed E-state index contributed by atoms with van der Waals surface area (Å²) >= 11 is 0. The molecule has 15 heavy (non-hydrogen) atoms. The van der Waals surface area contributed by atoms with E-state index in [4.69, 9.17) is 15.2 Å². The Hall–Kier alpha value is -0.120. The SMILES string of the molecule is NC(C1CC1)C1CCOC2(CCOC2)C1. The average Bonchev–Trinajstić information content (AvgIpc) is 3.02. The van der Waals surface area contributed by atoms with Crippen LogP contribution in [-0.4, -0.2) is 31.5 Å². The first-order valence-electron chi connectivity index (χ1n) is 6.26. The molecule has 2 N–H and O–H groups in total. The van der Waals surface area contributed by atoms with Gasteiger partial charge >= 0.3 is 0 Å². The minimum absolute atomic E-state index is 0.0371. The molecule has 3 fully saturated rings. The summed E-state index contributed by atoms with van der Waals surface area (Å²) in [4.78, 5) is 0. The highest BCUT2D eigenvalue weighted by Gasteiger charge is 2.44. The Balaban J connectivity index is 1.64. The molecule has 3 atom stereocenters. The number of hydrogen-bond acceptors (Lipinski definition) is 3. The summed E-state index contributed by atoms with van der Waals surface area (Å²) in [6.45, 7) is 2.54. The molecule has 1 aliphatic carbocycles. The Kier molecular flexibility index (Phi) is 2.49. The van der Waals surface area contributed by atoms with Gasteiger partial charge in [-0.3, -0.25) is 0 Å². The Labute approximate surface area is 91.3 Å². The number of nitrogens with two attached hydrogens (primary N) is 1. The molecule has 3 heteroatoms. The third-order valence-corrected chi connectivity index (χ3v) is 4.31. The molecule has 3 aliphatic rings. The van der Waals surface area contributed by atoms with Crippen LogP contribution in [0.25, 0.3) is 0 Å². The highest BCUT2D eigenvalue weighted by atomic mass is 16.6. The molecule has 0 aromatic rings. The van der Waals surface area contributed by atoms with Gasteiger partial charge in [0.15, 0.2) is 0 Å². The van der Waals surface area contributed by atoms with Crippen LogP contribution in [-0.2, 0) is 9.47 Å². The van der Waals surface area contributed by atoms with Crippen LogP contribution in [0.15, 0.2) is 0 Å². The van der Waals surface area contributed by atoms with Gasteiger partial charge in [-0.15, -0.1) is 0 Å². The van der Waals surface area contributed by atoms with Gasteiger partial charge in [0.05, 0.1) is 12.2 Å². The van der Waals surface area contributed by atoms with Gasteiger partial charge in [-0.05, 0) is 37.5 Å². The lowest BCUT2D eigenvalue weighted by Gasteiger charge is -2.39. The van der Waals surface area contributed by atoms with Crippen molar-refractivity contribution in [2.75, 3.05) is 19.8 Å². The summed E-state index contributed by atoms with van der Waals surface area (Å²) < 4.78 is 11.4. The molecule has 3 unspecified atom stereocenters. The smallest absolute Gasteiger partial charge is 0.0939 e. The van der Waals surface area contributed by atoms with Gasteiger partial charge in [-0.1, -0.05) is 0 Å². The average molecular weight is 211 g/mol. The summed E-state index contributed by atoms with van der Waals surface area (Å²) in [6, 6.07) is 0.423. The fourth-order valence-electron chi connectivity index (χ4n) is 3.12. The number of ether oxygens (including phenoxy) is 2. The van der Waals surface area contributed by atoms with Gasteiger partial charge in [0.1, 0.15) is 0 Å². The summed E-state index contributed by atoms with van der Waals surface area (Å²) in [5.41, 5.74) is 6.35. The first kappa shape index (κ1) is 10.1. The number of hydrogen-bond donors (Lipinski definition) is 1. The second-order valence-electron chi connectivity index (χ2n) is 5.50. The van der Waals surface area contributed by atoms with E-state index in [1.165, 1.54) is 12.8 Å². The molecule has 2 aliphatic heterocycles. The van der Waals surface area contributed by atoms with E-state index in [1.807, 2.05) is 0 Å². The lowest BCUT2D eigenvalue weighted by molar-refractivity contribution is -0.102. The van der Waals surface area contributed by atoms with Crippen molar-refractivity contribution in [3.05, 3.63) is 0 Å². The van der Waals surface area contributed by atoms with E-state index in [0.29, 0.717) is 12.0 Å². The Morgan fingerprint density at radius 3 is 2.67 bits per heavy atom. The maximum absolute atomic E-state index is 6.31.